The van der Waals surface area contributed by atoms with Crippen molar-refractivity contribution in [3.63, 3.8) is 0 Å². The van der Waals surface area contributed by atoms with Crippen LogP contribution in [0.5, 0.6) is 11.5 Å². The third kappa shape index (κ3) is 2.56. The lowest BCUT2D eigenvalue weighted by Gasteiger charge is -2.14. The summed E-state index contributed by atoms with van der Waals surface area (Å²) >= 11 is 18.3. The van der Waals surface area contributed by atoms with Gasteiger partial charge in [-0.1, -0.05) is 23.2 Å². The summed E-state index contributed by atoms with van der Waals surface area (Å²) < 4.78 is 6.42. The zero-order valence-corrected chi connectivity index (χ0v) is 14.7. The first-order valence-electron chi connectivity index (χ1n) is 6.62. The number of rotatable bonds is 2. The molecule has 0 saturated carbocycles. The molecule has 2 aromatic heterocycles. The van der Waals surface area contributed by atoms with Crippen LogP contribution in [0.1, 0.15) is 0 Å². The van der Waals surface area contributed by atoms with Gasteiger partial charge in [0.05, 0.1) is 22.7 Å². The molecule has 124 valence electrons. The zero-order chi connectivity index (χ0) is 17.6. The van der Waals surface area contributed by atoms with Crippen molar-refractivity contribution in [2.24, 2.45) is 7.05 Å². The van der Waals surface area contributed by atoms with Crippen molar-refractivity contribution in [2.45, 2.75) is 0 Å². The Bertz CT molecular complexity index is 1030. The van der Waals surface area contributed by atoms with Gasteiger partial charge in [-0.05, 0) is 17.7 Å². The molecule has 0 atom stereocenters. The Hall–Kier alpha value is -2.02. The molecule has 0 aliphatic rings. The smallest absolute Gasteiger partial charge is 0.259 e. The Balaban J connectivity index is 2.44. The van der Waals surface area contributed by atoms with Gasteiger partial charge in [0.15, 0.2) is 0 Å². The number of pyridine rings is 1. The molecule has 2 heterocycles. The monoisotopic (exact) mass is 385 g/mol. The standard InChI is InChI=1S/C15H10Cl3N3O3/c1-21-13-6(5-19-15(18)20-13)3-7(14(21)23)10-11(16)8(22)4-9(24-2)12(10)17/h3-5,22H,1-2H3. The fraction of sp³-hybridized carbons (Fsp3) is 0.133. The van der Waals surface area contributed by atoms with Gasteiger partial charge in [0.25, 0.3) is 5.56 Å². The topological polar surface area (TPSA) is 77.2 Å². The molecule has 3 aromatic rings. The van der Waals surface area contributed by atoms with Gasteiger partial charge in [0.1, 0.15) is 17.1 Å². The number of aromatic hydroxyl groups is 1. The number of halogens is 3. The molecule has 0 saturated heterocycles. The van der Waals surface area contributed by atoms with Crippen molar-refractivity contribution >= 4 is 45.8 Å². The van der Waals surface area contributed by atoms with E-state index in [0.717, 1.165) is 0 Å². The van der Waals surface area contributed by atoms with Gasteiger partial charge in [-0.2, -0.15) is 4.98 Å². The lowest BCUT2D eigenvalue weighted by molar-refractivity contribution is 0.408. The van der Waals surface area contributed by atoms with E-state index in [4.69, 9.17) is 39.5 Å². The maximum Gasteiger partial charge on any atom is 0.259 e. The lowest BCUT2D eigenvalue weighted by atomic mass is 10.0. The largest absolute Gasteiger partial charge is 0.506 e. The molecule has 0 aliphatic heterocycles. The molecule has 0 unspecified atom stereocenters. The normalized spacial score (nSPS) is 11.0. The van der Waals surface area contributed by atoms with Crippen LogP contribution in [0.4, 0.5) is 0 Å². The SMILES string of the molecule is COc1cc(O)c(Cl)c(-c2cc3cnc(Cl)nc3n(C)c2=O)c1Cl. The number of hydrogen-bond acceptors (Lipinski definition) is 5. The first-order valence-corrected chi connectivity index (χ1v) is 7.76. The second-order valence-corrected chi connectivity index (χ2v) is 6.04. The summed E-state index contributed by atoms with van der Waals surface area (Å²) in [5.41, 5.74) is 0.310. The average Bonchev–Trinajstić information content (AvgIpc) is 2.56. The maximum atomic E-state index is 12.7. The molecular formula is C15H10Cl3N3O3. The van der Waals surface area contributed by atoms with E-state index in [0.29, 0.717) is 11.0 Å². The molecule has 24 heavy (non-hydrogen) atoms. The van der Waals surface area contributed by atoms with Crippen LogP contribution in [-0.2, 0) is 7.05 Å². The lowest BCUT2D eigenvalue weighted by Crippen LogP contribution is -2.20. The molecule has 1 N–H and O–H groups in total. The zero-order valence-electron chi connectivity index (χ0n) is 12.5. The number of benzene rings is 1. The summed E-state index contributed by atoms with van der Waals surface area (Å²) in [7, 11) is 2.94. The molecule has 0 radical (unpaired) electrons. The summed E-state index contributed by atoms with van der Waals surface area (Å²) in [6.07, 6.45) is 1.48. The fourth-order valence-corrected chi connectivity index (χ4v) is 3.14. The minimum absolute atomic E-state index is 0.0281. The van der Waals surface area contributed by atoms with E-state index in [9.17, 15) is 9.90 Å². The number of methoxy groups -OCH3 is 1. The fourth-order valence-electron chi connectivity index (χ4n) is 2.39. The van der Waals surface area contributed by atoms with Crippen LogP contribution in [0.15, 0.2) is 23.1 Å². The summed E-state index contributed by atoms with van der Waals surface area (Å²) in [6, 6.07) is 2.82. The van der Waals surface area contributed by atoms with E-state index in [1.54, 1.807) is 13.1 Å². The van der Waals surface area contributed by atoms with E-state index in [-0.39, 0.29) is 38.0 Å². The van der Waals surface area contributed by atoms with Crippen molar-refractivity contribution in [3.8, 4) is 22.6 Å². The number of ether oxygens (including phenoxy) is 1. The van der Waals surface area contributed by atoms with Crippen LogP contribution in [0.3, 0.4) is 0 Å². The second-order valence-electron chi connectivity index (χ2n) is 4.94. The molecule has 0 aliphatic carbocycles. The summed E-state index contributed by atoms with van der Waals surface area (Å²) in [4.78, 5) is 20.7. The minimum atomic E-state index is -0.409. The highest BCUT2D eigenvalue weighted by molar-refractivity contribution is 6.41. The third-order valence-corrected chi connectivity index (χ3v) is 4.50. The Labute approximate surface area is 151 Å². The van der Waals surface area contributed by atoms with Gasteiger partial charge in [-0.3, -0.25) is 9.36 Å². The van der Waals surface area contributed by atoms with Crippen LogP contribution < -0.4 is 10.3 Å². The van der Waals surface area contributed by atoms with E-state index < -0.39 is 5.56 Å². The molecule has 1 aromatic carbocycles. The summed E-state index contributed by atoms with van der Waals surface area (Å²) in [5, 5.41) is 10.6. The van der Waals surface area contributed by atoms with Crippen molar-refractivity contribution < 1.29 is 9.84 Å². The van der Waals surface area contributed by atoms with Crippen molar-refractivity contribution in [2.75, 3.05) is 7.11 Å². The van der Waals surface area contributed by atoms with Gasteiger partial charge in [-0.25, -0.2) is 4.98 Å². The summed E-state index contributed by atoms with van der Waals surface area (Å²) in [6.45, 7) is 0. The van der Waals surface area contributed by atoms with E-state index in [1.807, 2.05) is 0 Å². The highest BCUT2D eigenvalue weighted by Gasteiger charge is 2.21. The predicted molar refractivity (Wildman–Crippen MR) is 93.5 cm³/mol. The van der Waals surface area contributed by atoms with Crippen LogP contribution >= 0.6 is 34.8 Å². The van der Waals surface area contributed by atoms with Crippen LogP contribution in [0.2, 0.25) is 15.3 Å². The quantitative estimate of drug-likeness (QED) is 0.680. The molecule has 0 fully saturated rings. The predicted octanol–water partition coefficient (Wildman–Crippen LogP) is 3.67. The van der Waals surface area contributed by atoms with Crippen molar-refractivity contribution in [1.29, 1.82) is 0 Å². The number of fused-ring (bicyclic) bond motifs is 1. The Morgan fingerprint density at radius 2 is 1.92 bits per heavy atom. The molecular weight excluding hydrogens is 377 g/mol. The highest BCUT2D eigenvalue weighted by atomic mass is 35.5. The van der Waals surface area contributed by atoms with Crippen LogP contribution in [-0.4, -0.2) is 26.8 Å². The van der Waals surface area contributed by atoms with Crippen molar-refractivity contribution in [3.05, 3.63) is 44.0 Å². The number of nitrogens with zero attached hydrogens (tertiary/aromatic N) is 3. The van der Waals surface area contributed by atoms with E-state index in [2.05, 4.69) is 9.97 Å². The highest BCUT2D eigenvalue weighted by Crippen LogP contribution is 2.44. The third-order valence-electron chi connectivity index (χ3n) is 3.56. The van der Waals surface area contributed by atoms with Crippen molar-refractivity contribution in [1.82, 2.24) is 14.5 Å². The molecule has 0 amide bonds. The number of aryl methyl sites for hydroxylation is 1. The van der Waals surface area contributed by atoms with Gasteiger partial charge in [0, 0.05) is 30.3 Å². The van der Waals surface area contributed by atoms with E-state index in [1.165, 1.54) is 23.9 Å². The second kappa shape index (κ2) is 6.12. The van der Waals surface area contributed by atoms with Gasteiger partial charge >= 0.3 is 0 Å². The maximum absolute atomic E-state index is 12.7. The van der Waals surface area contributed by atoms with Crippen LogP contribution in [0, 0.1) is 0 Å². The van der Waals surface area contributed by atoms with Gasteiger partial charge in [0.2, 0.25) is 5.28 Å². The number of hydrogen-bond donors (Lipinski definition) is 1. The molecule has 0 bridgehead atoms. The molecule has 9 heteroatoms. The Morgan fingerprint density at radius 1 is 1.21 bits per heavy atom. The Morgan fingerprint density at radius 3 is 2.58 bits per heavy atom. The number of aromatic nitrogens is 3. The minimum Gasteiger partial charge on any atom is -0.506 e. The number of phenolic OH excluding ortho intramolecular Hbond substituents is 1. The first kappa shape index (κ1) is 16.8. The molecule has 0 spiro atoms. The average molecular weight is 387 g/mol. The Kier molecular flexibility index (Phi) is 4.29. The van der Waals surface area contributed by atoms with E-state index >= 15 is 0 Å². The number of phenols is 1. The van der Waals surface area contributed by atoms with Gasteiger partial charge < -0.3 is 9.84 Å². The summed E-state index contributed by atoms with van der Waals surface area (Å²) in [5.74, 6) is -0.0505. The van der Waals surface area contributed by atoms with Crippen LogP contribution in [0.25, 0.3) is 22.2 Å². The first-order chi connectivity index (χ1) is 11.3. The van der Waals surface area contributed by atoms with Gasteiger partial charge in [-0.15, -0.1) is 0 Å². The molecule has 6 nitrogen and oxygen atoms in total. The molecule has 3 rings (SSSR count).